The Morgan fingerprint density at radius 3 is 2.84 bits per heavy atom. The number of hydrogen-bond acceptors (Lipinski definition) is 3. The van der Waals surface area contributed by atoms with Crippen LogP contribution in [-0.2, 0) is 4.79 Å². The van der Waals surface area contributed by atoms with E-state index in [-0.39, 0.29) is 11.4 Å². The maximum Gasteiger partial charge on any atom is 0.262 e. The van der Waals surface area contributed by atoms with E-state index in [4.69, 9.17) is 0 Å². The largest absolute Gasteiger partial charge is 0.505 e. The third-order valence-corrected chi connectivity index (χ3v) is 3.50. The van der Waals surface area contributed by atoms with Gasteiger partial charge in [-0.15, -0.1) is 0 Å². The van der Waals surface area contributed by atoms with Crippen LogP contribution in [-0.4, -0.2) is 29.5 Å². The summed E-state index contributed by atoms with van der Waals surface area (Å²) in [5.74, 6) is -3.56. The molecular formula is C12H13BrF2N2O2. The number of phenols is 1. The summed E-state index contributed by atoms with van der Waals surface area (Å²) in [7, 11) is 0. The fourth-order valence-corrected chi connectivity index (χ4v) is 2.53. The second-order valence-corrected chi connectivity index (χ2v) is 5.48. The maximum atomic E-state index is 13.0. The fourth-order valence-electron chi connectivity index (χ4n) is 1.95. The van der Waals surface area contributed by atoms with Crippen molar-refractivity contribution in [2.75, 3.05) is 11.9 Å². The highest BCUT2D eigenvalue weighted by Gasteiger charge is 2.42. The number of benzene rings is 1. The lowest BCUT2D eigenvalue weighted by Gasteiger charge is -2.13. The molecule has 1 unspecified atom stereocenters. The average molecular weight is 335 g/mol. The van der Waals surface area contributed by atoms with Gasteiger partial charge in [-0.2, -0.15) is 0 Å². The maximum absolute atomic E-state index is 13.0. The zero-order valence-corrected chi connectivity index (χ0v) is 11.7. The van der Waals surface area contributed by atoms with Gasteiger partial charge in [0.2, 0.25) is 5.91 Å². The van der Waals surface area contributed by atoms with Gasteiger partial charge in [-0.05, 0) is 40.5 Å². The van der Waals surface area contributed by atoms with Crippen LogP contribution in [0.5, 0.6) is 5.75 Å². The number of hydrogen-bond donors (Lipinski definition) is 3. The number of nitrogens with one attached hydrogen (secondary N) is 2. The number of phenolic OH excluding ortho intramolecular Hbond substituents is 1. The molecule has 0 spiro atoms. The van der Waals surface area contributed by atoms with E-state index in [1.165, 1.54) is 0 Å². The number of rotatable bonds is 2. The summed E-state index contributed by atoms with van der Waals surface area (Å²) in [6.45, 7) is 1.29. The summed E-state index contributed by atoms with van der Waals surface area (Å²) in [5.41, 5.74) is 1.03. The molecule has 7 heteroatoms. The molecule has 1 amide bonds. The second-order valence-electron chi connectivity index (χ2n) is 4.63. The van der Waals surface area contributed by atoms with Crippen LogP contribution in [0.25, 0.3) is 0 Å². The van der Waals surface area contributed by atoms with Crippen LogP contribution in [0.2, 0.25) is 0 Å². The predicted molar refractivity (Wildman–Crippen MR) is 70.5 cm³/mol. The van der Waals surface area contributed by atoms with Crippen molar-refractivity contribution in [2.45, 2.75) is 25.3 Å². The normalized spacial score (nSPS) is 21.4. The quantitative estimate of drug-likeness (QED) is 0.728. The van der Waals surface area contributed by atoms with Gasteiger partial charge in [0.05, 0.1) is 22.7 Å². The second kappa shape index (κ2) is 5.05. The molecule has 1 aromatic carbocycles. The van der Waals surface area contributed by atoms with Crippen molar-refractivity contribution in [3.8, 4) is 5.75 Å². The summed E-state index contributed by atoms with van der Waals surface area (Å²) in [6.07, 6.45) is -0.535. The van der Waals surface area contributed by atoms with Gasteiger partial charge < -0.3 is 10.4 Å². The Morgan fingerprint density at radius 2 is 2.26 bits per heavy atom. The molecule has 0 saturated carbocycles. The van der Waals surface area contributed by atoms with Gasteiger partial charge in [0.15, 0.2) is 5.75 Å². The Balaban J connectivity index is 2.12. The molecule has 0 aromatic heterocycles. The average Bonchev–Trinajstić information content (AvgIpc) is 2.66. The van der Waals surface area contributed by atoms with Gasteiger partial charge in [0.25, 0.3) is 5.92 Å². The van der Waals surface area contributed by atoms with Gasteiger partial charge in [-0.3, -0.25) is 10.1 Å². The first-order valence-corrected chi connectivity index (χ1v) is 6.49. The van der Waals surface area contributed by atoms with Crippen LogP contribution in [0.1, 0.15) is 12.0 Å². The van der Waals surface area contributed by atoms with Gasteiger partial charge in [0.1, 0.15) is 0 Å². The third-order valence-electron chi connectivity index (χ3n) is 2.89. The van der Waals surface area contributed by atoms with Crippen molar-refractivity contribution in [2.24, 2.45) is 0 Å². The van der Waals surface area contributed by atoms with Crippen molar-refractivity contribution in [3.05, 3.63) is 22.2 Å². The van der Waals surface area contributed by atoms with Crippen LogP contribution >= 0.6 is 15.9 Å². The third kappa shape index (κ3) is 3.22. The smallest absolute Gasteiger partial charge is 0.262 e. The minimum absolute atomic E-state index is 0.122. The molecule has 1 heterocycles. The number of carbonyl (C=O) groups is 1. The molecule has 1 aliphatic rings. The first-order valence-electron chi connectivity index (χ1n) is 5.70. The van der Waals surface area contributed by atoms with E-state index in [0.29, 0.717) is 4.47 Å². The van der Waals surface area contributed by atoms with Crippen LogP contribution in [0.15, 0.2) is 16.6 Å². The minimum atomic E-state index is -2.86. The van der Waals surface area contributed by atoms with Gasteiger partial charge in [0, 0.05) is 6.42 Å². The fraction of sp³-hybridized carbons (Fsp3) is 0.417. The molecule has 1 fully saturated rings. The molecule has 1 aliphatic heterocycles. The van der Waals surface area contributed by atoms with Crippen molar-refractivity contribution >= 4 is 27.5 Å². The number of aromatic hydroxyl groups is 1. The van der Waals surface area contributed by atoms with Gasteiger partial charge >= 0.3 is 0 Å². The summed E-state index contributed by atoms with van der Waals surface area (Å²) in [5, 5.41) is 14.7. The number of aryl methyl sites for hydroxylation is 1. The highest BCUT2D eigenvalue weighted by atomic mass is 79.9. The zero-order chi connectivity index (χ0) is 14.2. The Labute approximate surface area is 117 Å². The molecule has 4 nitrogen and oxygen atoms in total. The molecule has 1 aromatic rings. The van der Waals surface area contributed by atoms with E-state index in [1.54, 1.807) is 19.1 Å². The predicted octanol–water partition coefficient (Wildman–Crippen LogP) is 2.40. The summed E-state index contributed by atoms with van der Waals surface area (Å²) in [6, 6.07) is 2.31. The zero-order valence-electron chi connectivity index (χ0n) is 10.1. The molecule has 1 saturated heterocycles. The molecule has 0 radical (unpaired) electrons. The minimum Gasteiger partial charge on any atom is -0.505 e. The number of anilines is 1. The number of carbonyl (C=O) groups excluding carboxylic acids is 1. The highest BCUT2D eigenvalue weighted by molar-refractivity contribution is 9.10. The lowest BCUT2D eigenvalue weighted by Crippen LogP contribution is -2.35. The summed E-state index contributed by atoms with van der Waals surface area (Å²) >= 11 is 3.15. The SMILES string of the molecule is Cc1cc(Br)c(O)c(NC(=O)C2CC(F)(F)CN2)c1. The van der Waals surface area contributed by atoms with Crippen molar-refractivity contribution in [3.63, 3.8) is 0 Å². The van der Waals surface area contributed by atoms with E-state index in [9.17, 15) is 18.7 Å². The lowest BCUT2D eigenvalue weighted by atomic mass is 10.1. The van der Waals surface area contributed by atoms with Gasteiger partial charge in [-0.1, -0.05) is 0 Å². The van der Waals surface area contributed by atoms with Crippen LogP contribution in [0.4, 0.5) is 14.5 Å². The topological polar surface area (TPSA) is 61.4 Å². The number of amides is 1. The summed E-state index contributed by atoms with van der Waals surface area (Å²) < 4.78 is 26.4. The first kappa shape index (κ1) is 14.2. The molecular weight excluding hydrogens is 322 g/mol. The van der Waals surface area contributed by atoms with E-state index in [1.807, 2.05) is 0 Å². The van der Waals surface area contributed by atoms with Crippen LogP contribution in [0, 0.1) is 6.92 Å². The molecule has 19 heavy (non-hydrogen) atoms. The standard InChI is InChI=1S/C12H13BrF2N2O2/c1-6-2-7(13)10(18)8(3-6)17-11(19)9-4-12(14,15)5-16-9/h2-3,9,16,18H,4-5H2,1H3,(H,17,19). The van der Waals surface area contributed by atoms with E-state index < -0.39 is 30.8 Å². The van der Waals surface area contributed by atoms with Crippen LogP contribution < -0.4 is 10.6 Å². The van der Waals surface area contributed by atoms with Crippen LogP contribution in [0.3, 0.4) is 0 Å². The molecule has 1 atom stereocenters. The van der Waals surface area contributed by atoms with E-state index in [0.717, 1.165) is 5.56 Å². The van der Waals surface area contributed by atoms with E-state index >= 15 is 0 Å². The summed E-state index contributed by atoms with van der Waals surface area (Å²) in [4.78, 5) is 11.8. The van der Waals surface area contributed by atoms with Crippen molar-refractivity contribution in [1.82, 2.24) is 5.32 Å². The Kier molecular flexibility index (Phi) is 3.78. The lowest BCUT2D eigenvalue weighted by molar-refractivity contribution is -0.118. The molecule has 3 N–H and O–H groups in total. The molecule has 2 rings (SSSR count). The highest BCUT2D eigenvalue weighted by Crippen LogP contribution is 2.34. The van der Waals surface area contributed by atoms with Gasteiger partial charge in [-0.25, -0.2) is 8.78 Å². The van der Waals surface area contributed by atoms with Crippen molar-refractivity contribution < 1.29 is 18.7 Å². The Morgan fingerprint density at radius 1 is 1.58 bits per heavy atom. The monoisotopic (exact) mass is 334 g/mol. The molecule has 0 bridgehead atoms. The first-order chi connectivity index (χ1) is 8.78. The Hall–Kier alpha value is -1.21. The molecule has 0 aliphatic carbocycles. The number of halogens is 3. The van der Waals surface area contributed by atoms with E-state index in [2.05, 4.69) is 26.6 Å². The molecule has 104 valence electrons. The Bertz CT molecular complexity index is 523. The number of alkyl halides is 2. The van der Waals surface area contributed by atoms with Crippen molar-refractivity contribution in [1.29, 1.82) is 0 Å².